The van der Waals surface area contributed by atoms with Crippen molar-refractivity contribution in [1.82, 2.24) is 4.98 Å². The summed E-state index contributed by atoms with van der Waals surface area (Å²) < 4.78 is 0. The molecule has 1 aromatic carbocycles. The molecule has 0 saturated heterocycles. The van der Waals surface area contributed by atoms with Gasteiger partial charge < -0.3 is 10.6 Å². The molecule has 0 spiro atoms. The average molecular weight is 241 g/mol. The predicted molar refractivity (Wildman–Crippen MR) is 75.4 cm³/mol. The van der Waals surface area contributed by atoms with Crippen molar-refractivity contribution in [2.45, 2.75) is 20.0 Å². The summed E-state index contributed by atoms with van der Waals surface area (Å²) in [6, 6.07) is 12.6. The van der Waals surface area contributed by atoms with E-state index in [0.29, 0.717) is 6.54 Å². The molecule has 2 N–H and O–H groups in total. The highest BCUT2D eigenvalue weighted by Crippen LogP contribution is 2.15. The van der Waals surface area contributed by atoms with E-state index in [1.54, 1.807) is 0 Å². The maximum absolute atomic E-state index is 5.56. The van der Waals surface area contributed by atoms with Gasteiger partial charge in [0.25, 0.3) is 0 Å². The number of hydrogen-bond acceptors (Lipinski definition) is 3. The van der Waals surface area contributed by atoms with E-state index in [-0.39, 0.29) is 0 Å². The summed E-state index contributed by atoms with van der Waals surface area (Å²) in [7, 11) is 2.07. The van der Waals surface area contributed by atoms with Gasteiger partial charge in [-0.1, -0.05) is 23.8 Å². The van der Waals surface area contributed by atoms with Gasteiger partial charge in [-0.05, 0) is 30.7 Å². The van der Waals surface area contributed by atoms with E-state index >= 15 is 0 Å². The smallest absolute Gasteiger partial charge is 0.0598 e. The van der Waals surface area contributed by atoms with Crippen LogP contribution in [0.4, 0.5) is 5.69 Å². The van der Waals surface area contributed by atoms with E-state index < -0.39 is 0 Å². The largest absolute Gasteiger partial charge is 0.369 e. The summed E-state index contributed by atoms with van der Waals surface area (Å²) in [6.45, 7) is 3.44. The molecule has 1 aromatic heterocycles. The van der Waals surface area contributed by atoms with Gasteiger partial charge in [-0.2, -0.15) is 0 Å². The minimum Gasteiger partial charge on any atom is -0.369 e. The molecule has 2 rings (SSSR count). The topological polar surface area (TPSA) is 42.1 Å². The van der Waals surface area contributed by atoms with E-state index in [4.69, 9.17) is 5.73 Å². The molecule has 1 heterocycles. The Morgan fingerprint density at radius 3 is 2.39 bits per heavy atom. The van der Waals surface area contributed by atoms with Gasteiger partial charge >= 0.3 is 0 Å². The van der Waals surface area contributed by atoms with Gasteiger partial charge in [-0.15, -0.1) is 0 Å². The Kier molecular flexibility index (Phi) is 3.95. The van der Waals surface area contributed by atoms with Crippen LogP contribution in [0.25, 0.3) is 0 Å². The van der Waals surface area contributed by atoms with E-state index in [0.717, 1.165) is 17.8 Å². The number of pyridine rings is 1. The fourth-order valence-electron chi connectivity index (χ4n) is 1.80. The fraction of sp³-hybridized carbons (Fsp3) is 0.267. The Balaban J connectivity index is 2.05. The van der Waals surface area contributed by atoms with Crippen molar-refractivity contribution in [1.29, 1.82) is 0 Å². The second-order valence-electron chi connectivity index (χ2n) is 4.55. The number of hydrogen-bond donors (Lipinski definition) is 1. The predicted octanol–water partition coefficient (Wildman–Crippen LogP) is 2.49. The van der Waals surface area contributed by atoms with Gasteiger partial charge in [-0.25, -0.2) is 0 Å². The third-order valence-electron chi connectivity index (χ3n) is 3.00. The quantitative estimate of drug-likeness (QED) is 0.894. The maximum atomic E-state index is 5.56. The Hall–Kier alpha value is -1.87. The van der Waals surface area contributed by atoms with Crippen LogP contribution in [-0.2, 0) is 13.1 Å². The molecule has 0 amide bonds. The number of nitrogens with two attached hydrogens (primary N) is 1. The molecule has 0 atom stereocenters. The fourth-order valence-corrected chi connectivity index (χ4v) is 1.80. The summed E-state index contributed by atoms with van der Waals surface area (Å²) in [5, 5.41) is 0. The van der Waals surface area contributed by atoms with Crippen molar-refractivity contribution in [2.24, 2.45) is 5.73 Å². The van der Waals surface area contributed by atoms with E-state index in [2.05, 4.69) is 48.1 Å². The molecule has 0 saturated carbocycles. The highest BCUT2D eigenvalue weighted by Gasteiger charge is 2.02. The zero-order chi connectivity index (χ0) is 13.0. The van der Waals surface area contributed by atoms with Crippen molar-refractivity contribution in [3.63, 3.8) is 0 Å². The van der Waals surface area contributed by atoms with Crippen LogP contribution in [0.1, 0.15) is 16.8 Å². The second-order valence-corrected chi connectivity index (χ2v) is 4.55. The van der Waals surface area contributed by atoms with Gasteiger partial charge in [0.2, 0.25) is 0 Å². The minimum atomic E-state index is 0.543. The third-order valence-corrected chi connectivity index (χ3v) is 3.00. The average Bonchev–Trinajstić information content (AvgIpc) is 2.40. The summed E-state index contributed by atoms with van der Waals surface area (Å²) in [5.74, 6) is 0. The first-order valence-electron chi connectivity index (χ1n) is 6.10. The standard InChI is InChI=1S/C15H19N3/c1-12-3-7-15(8-4-12)18(2)11-14-6-5-13(9-16)10-17-14/h3-8,10H,9,11,16H2,1-2H3. The Morgan fingerprint density at radius 2 is 1.83 bits per heavy atom. The normalized spacial score (nSPS) is 10.4. The van der Waals surface area contributed by atoms with Gasteiger partial charge in [-0.3, -0.25) is 4.98 Å². The number of anilines is 1. The van der Waals surface area contributed by atoms with Gasteiger partial charge in [0, 0.05) is 25.5 Å². The molecule has 94 valence electrons. The third kappa shape index (κ3) is 3.08. The van der Waals surface area contributed by atoms with Crippen molar-refractivity contribution in [3.8, 4) is 0 Å². The molecular weight excluding hydrogens is 222 g/mol. The van der Waals surface area contributed by atoms with Gasteiger partial charge in [0.15, 0.2) is 0 Å². The zero-order valence-corrected chi connectivity index (χ0v) is 10.9. The molecule has 0 fully saturated rings. The lowest BCUT2D eigenvalue weighted by Crippen LogP contribution is -2.17. The molecule has 0 aliphatic rings. The monoisotopic (exact) mass is 241 g/mol. The van der Waals surface area contributed by atoms with Crippen LogP contribution in [0.15, 0.2) is 42.6 Å². The van der Waals surface area contributed by atoms with Gasteiger partial charge in [0.05, 0.1) is 12.2 Å². The second kappa shape index (κ2) is 5.65. The lowest BCUT2D eigenvalue weighted by atomic mass is 10.2. The van der Waals surface area contributed by atoms with E-state index in [1.165, 1.54) is 11.3 Å². The number of benzene rings is 1. The summed E-state index contributed by atoms with van der Waals surface area (Å²) in [5.41, 5.74) is 10.1. The highest BCUT2D eigenvalue weighted by molar-refractivity contribution is 5.46. The molecule has 2 aromatic rings. The first-order chi connectivity index (χ1) is 8.69. The summed E-state index contributed by atoms with van der Waals surface area (Å²) in [6.07, 6.45) is 1.85. The van der Waals surface area contributed by atoms with Crippen LogP contribution < -0.4 is 10.6 Å². The zero-order valence-electron chi connectivity index (χ0n) is 10.9. The molecule has 0 unspecified atom stereocenters. The molecule has 0 aliphatic heterocycles. The van der Waals surface area contributed by atoms with Crippen LogP contribution in [0.5, 0.6) is 0 Å². The molecule has 18 heavy (non-hydrogen) atoms. The van der Waals surface area contributed by atoms with Crippen LogP contribution in [-0.4, -0.2) is 12.0 Å². The Labute approximate surface area is 108 Å². The van der Waals surface area contributed by atoms with Crippen molar-refractivity contribution < 1.29 is 0 Å². The molecule has 0 radical (unpaired) electrons. The Morgan fingerprint density at radius 1 is 1.11 bits per heavy atom. The number of rotatable bonds is 4. The first-order valence-corrected chi connectivity index (χ1v) is 6.10. The molecular formula is C15H19N3. The number of aryl methyl sites for hydroxylation is 1. The summed E-state index contributed by atoms with van der Waals surface area (Å²) in [4.78, 5) is 6.60. The van der Waals surface area contributed by atoms with E-state index in [1.807, 2.05) is 18.3 Å². The minimum absolute atomic E-state index is 0.543. The van der Waals surface area contributed by atoms with Crippen LogP contribution in [0.2, 0.25) is 0 Å². The van der Waals surface area contributed by atoms with Crippen LogP contribution >= 0.6 is 0 Å². The van der Waals surface area contributed by atoms with E-state index in [9.17, 15) is 0 Å². The van der Waals surface area contributed by atoms with Crippen LogP contribution in [0, 0.1) is 6.92 Å². The SMILES string of the molecule is Cc1ccc(N(C)Cc2ccc(CN)cn2)cc1. The lowest BCUT2D eigenvalue weighted by molar-refractivity contribution is 0.878. The summed E-state index contributed by atoms with van der Waals surface area (Å²) >= 11 is 0. The highest BCUT2D eigenvalue weighted by atomic mass is 15.1. The lowest BCUT2D eigenvalue weighted by Gasteiger charge is -2.19. The van der Waals surface area contributed by atoms with Crippen molar-refractivity contribution in [2.75, 3.05) is 11.9 Å². The number of nitrogens with zero attached hydrogens (tertiary/aromatic N) is 2. The molecule has 0 aliphatic carbocycles. The van der Waals surface area contributed by atoms with Crippen molar-refractivity contribution in [3.05, 3.63) is 59.4 Å². The molecule has 3 nitrogen and oxygen atoms in total. The van der Waals surface area contributed by atoms with Gasteiger partial charge in [0.1, 0.15) is 0 Å². The molecule has 3 heteroatoms. The number of aromatic nitrogens is 1. The molecule has 0 bridgehead atoms. The Bertz CT molecular complexity index is 488. The van der Waals surface area contributed by atoms with Crippen molar-refractivity contribution >= 4 is 5.69 Å². The van der Waals surface area contributed by atoms with Crippen LogP contribution in [0.3, 0.4) is 0 Å². The maximum Gasteiger partial charge on any atom is 0.0598 e. The first kappa shape index (κ1) is 12.6.